The Balaban J connectivity index is 2.10. The maximum atomic E-state index is 11.3. The second kappa shape index (κ2) is 4.98. The van der Waals surface area contributed by atoms with Crippen LogP contribution in [-0.4, -0.2) is 17.9 Å². The quantitative estimate of drug-likeness (QED) is 0.677. The Kier molecular flexibility index (Phi) is 3.92. The first kappa shape index (κ1) is 11.0. The van der Waals surface area contributed by atoms with E-state index in [-0.39, 0.29) is 17.7 Å². The highest BCUT2D eigenvalue weighted by atomic mass is 16.2. The minimum Gasteiger partial charge on any atom is -0.369 e. The van der Waals surface area contributed by atoms with Crippen LogP contribution in [0.15, 0.2) is 0 Å². The lowest BCUT2D eigenvalue weighted by molar-refractivity contribution is -0.123. The molecule has 0 bridgehead atoms. The van der Waals surface area contributed by atoms with Gasteiger partial charge in [-0.15, -0.1) is 0 Å². The van der Waals surface area contributed by atoms with Gasteiger partial charge in [0, 0.05) is 18.4 Å². The van der Waals surface area contributed by atoms with E-state index in [2.05, 4.69) is 5.32 Å². The van der Waals surface area contributed by atoms with Gasteiger partial charge in [-0.05, 0) is 25.7 Å². The van der Waals surface area contributed by atoms with Crippen LogP contribution in [0, 0.1) is 5.92 Å². The van der Waals surface area contributed by atoms with Crippen LogP contribution >= 0.6 is 0 Å². The maximum absolute atomic E-state index is 11.3. The molecule has 1 rings (SSSR count). The molecule has 0 spiro atoms. The Bertz CT molecular complexity index is 224. The van der Waals surface area contributed by atoms with Crippen molar-refractivity contribution in [3.05, 3.63) is 0 Å². The maximum Gasteiger partial charge on any atom is 0.220 e. The molecule has 0 saturated heterocycles. The van der Waals surface area contributed by atoms with Crippen molar-refractivity contribution in [3.63, 3.8) is 0 Å². The minimum absolute atomic E-state index is 0.0443. The Morgan fingerprint density at radius 2 is 2.14 bits per heavy atom. The summed E-state index contributed by atoms with van der Waals surface area (Å²) in [5.74, 6) is -0.494. The van der Waals surface area contributed by atoms with E-state index in [0.717, 1.165) is 12.8 Å². The van der Waals surface area contributed by atoms with E-state index in [1.54, 1.807) is 6.92 Å². The minimum atomic E-state index is -0.332. The van der Waals surface area contributed by atoms with Gasteiger partial charge in [-0.25, -0.2) is 0 Å². The topological polar surface area (TPSA) is 72.2 Å². The summed E-state index contributed by atoms with van der Waals surface area (Å²) in [7, 11) is 0. The molecular formula is C10H18N2O2. The van der Waals surface area contributed by atoms with Gasteiger partial charge in [0.05, 0.1) is 0 Å². The van der Waals surface area contributed by atoms with E-state index in [4.69, 9.17) is 5.73 Å². The zero-order chi connectivity index (χ0) is 10.6. The molecule has 0 aliphatic heterocycles. The molecule has 4 heteroatoms. The van der Waals surface area contributed by atoms with Gasteiger partial charge < -0.3 is 11.1 Å². The fourth-order valence-electron chi connectivity index (χ4n) is 1.34. The standard InChI is InChI=1S/C10H18N2O2/c1-7(10(11)14)5-6-9(13)12-8-3-2-4-8/h7-8H,2-6H2,1H3,(H2,11,14)(H,12,13)/t7-/m0/s1. The van der Waals surface area contributed by atoms with Crippen LogP contribution in [0.25, 0.3) is 0 Å². The molecule has 0 heterocycles. The van der Waals surface area contributed by atoms with E-state index in [1.165, 1.54) is 6.42 Å². The number of rotatable bonds is 5. The Morgan fingerprint density at radius 3 is 2.57 bits per heavy atom. The largest absolute Gasteiger partial charge is 0.369 e. The fraction of sp³-hybridized carbons (Fsp3) is 0.800. The van der Waals surface area contributed by atoms with Crippen LogP contribution < -0.4 is 11.1 Å². The number of hydrogen-bond donors (Lipinski definition) is 2. The van der Waals surface area contributed by atoms with Crippen molar-refractivity contribution < 1.29 is 9.59 Å². The lowest BCUT2D eigenvalue weighted by Gasteiger charge is -2.26. The second-order valence-corrected chi connectivity index (χ2v) is 4.04. The highest BCUT2D eigenvalue weighted by Crippen LogP contribution is 2.18. The van der Waals surface area contributed by atoms with Gasteiger partial charge in [-0.3, -0.25) is 9.59 Å². The van der Waals surface area contributed by atoms with Gasteiger partial charge >= 0.3 is 0 Å². The molecule has 1 saturated carbocycles. The van der Waals surface area contributed by atoms with Crippen molar-refractivity contribution in [1.82, 2.24) is 5.32 Å². The summed E-state index contributed by atoms with van der Waals surface area (Å²) in [5, 5.41) is 2.92. The van der Waals surface area contributed by atoms with Crippen molar-refractivity contribution in [2.24, 2.45) is 11.7 Å². The third-order valence-electron chi connectivity index (χ3n) is 2.76. The lowest BCUT2D eigenvalue weighted by Crippen LogP contribution is -2.39. The Hall–Kier alpha value is -1.06. The predicted molar refractivity (Wildman–Crippen MR) is 53.4 cm³/mol. The molecule has 0 unspecified atom stereocenters. The first-order valence-electron chi connectivity index (χ1n) is 5.18. The molecule has 80 valence electrons. The SMILES string of the molecule is C[C@@H](CCC(=O)NC1CCC1)C(N)=O. The van der Waals surface area contributed by atoms with Crippen LogP contribution in [0.2, 0.25) is 0 Å². The second-order valence-electron chi connectivity index (χ2n) is 4.04. The molecule has 1 fully saturated rings. The van der Waals surface area contributed by atoms with Gasteiger partial charge in [-0.1, -0.05) is 6.92 Å². The Morgan fingerprint density at radius 1 is 1.50 bits per heavy atom. The highest BCUT2D eigenvalue weighted by Gasteiger charge is 2.19. The van der Waals surface area contributed by atoms with Gasteiger partial charge in [0.1, 0.15) is 0 Å². The number of carbonyl (C=O) groups excluding carboxylic acids is 2. The average molecular weight is 198 g/mol. The predicted octanol–water partition coefficient (Wildman–Crippen LogP) is 0.557. The smallest absolute Gasteiger partial charge is 0.220 e. The monoisotopic (exact) mass is 198 g/mol. The summed E-state index contributed by atoms with van der Waals surface area (Å²) in [6, 6.07) is 0.381. The normalized spacial score (nSPS) is 18.4. The van der Waals surface area contributed by atoms with Crippen LogP contribution in [0.1, 0.15) is 39.0 Å². The molecular weight excluding hydrogens is 180 g/mol. The molecule has 1 aliphatic rings. The van der Waals surface area contributed by atoms with E-state index in [1.807, 2.05) is 0 Å². The molecule has 0 aromatic heterocycles. The molecule has 0 aromatic carbocycles. The number of nitrogens with one attached hydrogen (secondary N) is 1. The summed E-state index contributed by atoms with van der Waals surface area (Å²) >= 11 is 0. The van der Waals surface area contributed by atoms with Crippen LogP contribution in [0.3, 0.4) is 0 Å². The molecule has 1 aliphatic carbocycles. The molecule has 4 nitrogen and oxygen atoms in total. The lowest BCUT2D eigenvalue weighted by atomic mass is 9.93. The third-order valence-corrected chi connectivity index (χ3v) is 2.76. The van der Waals surface area contributed by atoms with Crippen molar-refractivity contribution in [3.8, 4) is 0 Å². The fourth-order valence-corrected chi connectivity index (χ4v) is 1.34. The van der Waals surface area contributed by atoms with Crippen molar-refractivity contribution >= 4 is 11.8 Å². The van der Waals surface area contributed by atoms with Crippen LogP contribution in [-0.2, 0) is 9.59 Å². The van der Waals surface area contributed by atoms with Gasteiger partial charge in [0.25, 0.3) is 0 Å². The molecule has 14 heavy (non-hydrogen) atoms. The van der Waals surface area contributed by atoms with E-state index < -0.39 is 0 Å². The van der Waals surface area contributed by atoms with Gasteiger partial charge in [0.15, 0.2) is 0 Å². The average Bonchev–Trinajstić information content (AvgIpc) is 2.07. The summed E-state index contributed by atoms with van der Waals surface area (Å²) in [6.45, 7) is 1.75. The van der Waals surface area contributed by atoms with Crippen molar-refractivity contribution in [2.75, 3.05) is 0 Å². The van der Waals surface area contributed by atoms with Crippen molar-refractivity contribution in [1.29, 1.82) is 0 Å². The zero-order valence-electron chi connectivity index (χ0n) is 8.58. The number of primary amides is 1. The first-order valence-corrected chi connectivity index (χ1v) is 5.18. The molecule has 0 radical (unpaired) electrons. The van der Waals surface area contributed by atoms with Crippen molar-refractivity contribution in [2.45, 2.75) is 45.1 Å². The van der Waals surface area contributed by atoms with E-state index >= 15 is 0 Å². The first-order chi connectivity index (χ1) is 6.59. The summed E-state index contributed by atoms with van der Waals surface area (Å²) in [6.07, 6.45) is 4.35. The molecule has 2 amide bonds. The summed E-state index contributed by atoms with van der Waals surface area (Å²) in [5.41, 5.74) is 5.09. The highest BCUT2D eigenvalue weighted by molar-refractivity contribution is 5.79. The number of nitrogens with two attached hydrogens (primary N) is 1. The molecule has 0 aromatic rings. The van der Waals surface area contributed by atoms with Crippen LogP contribution in [0.4, 0.5) is 0 Å². The van der Waals surface area contributed by atoms with E-state index in [0.29, 0.717) is 18.9 Å². The molecule has 1 atom stereocenters. The van der Waals surface area contributed by atoms with Gasteiger partial charge in [-0.2, -0.15) is 0 Å². The Labute approximate surface area is 84.2 Å². The molecule has 3 N–H and O–H groups in total. The number of hydrogen-bond acceptors (Lipinski definition) is 2. The van der Waals surface area contributed by atoms with Crippen LogP contribution in [0.5, 0.6) is 0 Å². The van der Waals surface area contributed by atoms with Gasteiger partial charge in [0.2, 0.25) is 11.8 Å². The number of amides is 2. The third kappa shape index (κ3) is 3.36. The summed E-state index contributed by atoms with van der Waals surface area (Å²) < 4.78 is 0. The zero-order valence-corrected chi connectivity index (χ0v) is 8.58. The van der Waals surface area contributed by atoms with E-state index in [9.17, 15) is 9.59 Å². The number of carbonyl (C=O) groups is 2. The summed E-state index contributed by atoms with van der Waals surface area (Å²) in [4.78, 5) is 22.0.